The second-order valence-corrected chi connectivity index (χ2v) is 4.24. The van der Waals surface area contributed by atoms with Crippen molar-refractivity contribution in [1.29, 1.82) is 0 Å². The number of nitrogens with one attached hydrogen (secondary N) is 1. The smallest absolute Gasteiger partial charge is 0.387 e. The summed E-state index contributed by atoms with van der Waals surface area (Å²) in [5.41, 5.74) is 0.813. The van der Waals surface area contributed by atoms with Crippen LogP contribution in [-0.4, -0.2) is 25.2 Å². The number of amides is 1. The summed E-state index contributed by atoms with van der Waals surface area (Å²) >= 11 is 0. The van der Waals surface area contributed by atoms with E-state index in [9.17, 15) is 13.6 Å². The molecular weight excluding hydrogens is 256 g/mol. The average Bonchev–Trinajstić information content (AvgIpc) is 2.91. The Balaban J connectivity index is 1.80. The highest BCUT2D eigenvalue weighted by Gasteiger charge is 2.22. The number of rotatable bonds is 5. The quantitative estimate of drug-likeness (QED) is 0.892. The third-order valence-corrected chi connectivity index (χ3v) is 2.84. The Morgan fingerprint density at radius 2 is 2.16 bits per heavy atom. The fraction of sp³-hybridized carbons (Fsp3) is 0.462. The van der Waals surface area contributed by atoms with Crippen molar-refractivity contribution in [3.05, 3.63) is 29.8 Å². The molecule has 2 rings (SSSR count). The maximum absolute atomic E-state index is 12.0. The molecule has 1 fully saturated rings. The van der Waals surface area contributed by atoms with Crippen molar-refractivity contribution in [2.45, 2.75) is 32.1 Å². The van der Waals surface area contributed by atoms with Gasteiger partial charge in [0.15, 0.2) is 0 Å². The lowest BCUT2D eigenvalue weighted by Gasteiger charge is -2.10. The van der Waals surface area contributed by atoms with Crippen LogP contribution in [0.3, 0.4) is 0 Å². The van der Waals surface area contributed by atoms with Gasteiger partial charge in [-0.25, -0.2) is 0 Å². The molecule has 0 spiro atoms. The zero-order valence-electron chi connectivity index (χ0n) is 10.3. The molecule has 0 unspecified atom stereocenters. The molecule has 6 heteroatoms. The van der Waals surface area contributed by atoms with Crippen molar-refractivity contribution in [2.24, 2.45) is 0 Å². The van der Waals surface area contributed by atoms with E-state index in [-0.39, 0.29) is 17.8 Å². The van der Waals surface area contributed by atoms with Crippen LogP contribution in [0.25, 0.3) is 0 Å². The molecule has 0 aliphatic carbocycles. The van der Waals surface area contributed by atoms with Crippen LogP contribution in [0.1, 0.15) is 18.4 Å². The van der Waals surface area contributed by atoms with Crippen LogP contribution in [0.4, 0.5) is 8.78 Å². The van der Waals surface area contributed by atoms with Crippen LogP contribution in [-0.2, 0) is 16.1 Å². The summed E-state index contributed by atoms with van der Waals surface area (Å²) in [6.45, 7) is -1.86. The molecule has 0 aromatic heterocycles. The lowest BCUT2D eigenvalue weighted by Crippen LogP contribution is -2.33. The zero-order valence-corrected chi connectivity index (χ0v) is 10.3. The van der Waals surface area contributed by atoms with Gasteiger partial charge >= 0.3 is 6.61 Å². The number of benzene rings is 1. The first-order chi connectivity index (χ1) is 9.15. The topological polar surface area (TPSA) is 47.6 Å². The average molecular weight is 271 g/mol. The first kappa shape index (κ1) is 13.7. The van der Waals surface area contributed by atoms with Crippen LogP contribution < -0.4 is 10.1 Å². The molecule has 1 aromatic carbocycles. The molecule has 0 bridgehead atoms. The number of halogens is 2. The van der Waals surface area contributed by atoms with Gasteiger partial charge in [0.2, 0.25) is 5.91 Å². The van der Waals surface area contributed by atoms with Crippen molar-refractivity contribution in [2.75, 3.05) is 6.61 Å². The molecule has 0 radical (unpaired) electrons. The van der Waals surface area contributed by atoms with Crippen LogP contribution in [0.5, 0.6) is 5.75 Å². The van der Waals surface area contributed by atoms with Crippen LogP contribution in [0, 0.1) is 0 Å². The van der Waals surface area contributed by atoms with Gasteiger partial charge in [-0.2, -0.15) is 8.78 Å². The highest BCUT2D eigenvalue weighted by atomic mass is 19.3. The summed E-state index contributed by atoms with van der Waals surface area (Å²) in [4.78, 5) is 11.7. The number of hydrogen-bond acceptors (Lipinski definition) is 3. The Labute approximate surface area is 109 Å². The molecular formula is C13H15F2NO3. The Hall–Kier alpha value is -1.69. The van der Waals surface area contributed by atoms with Gasteiger partial charge in [0.25, 0.3) is 0 Å². The van der Waals surface area contributed by atoms with E-state index in [2.05, 4.69) is 10.1 Å². The van der Waals surface area contributed by atoms with Crippen LogP contribution in [0.2, 0.25) is 0 Å². The highest BCUT2D eigenvalue weighted by molar-refractivity contribution is 5.80. The Kier molecular flexibility index (Phi) is 4.68. The normalized spacial score (nSPS) is 18.6. The predicted molar refractivity (Wildman–Crippen MR) is 63.9 cm³/mol. The standard InChI is InChI=1S/C13H15F2NO3/c14-13(15)19-10-5-3-9(4-6-10)8-16-12(17)11-2-1-7-18-11/h3-6,11,13H,1-2,7-8H2,(H,16,17)/t11-/m1/s1. The predicted octanol–water partition coefficient (Wildman–Crippen LogP) is 2.08. The fourth-order valence-corrected chi connectivity index (χ4v) is 1.88. The monoisotopic (exact) mass is 271 g/mol. The van der Waals surface area contributed by atoms with E-state index in [0.29, 0.717) is 13.2 Å². The van der Waals surface area contributed by atoms with E-state index >= 15 is 0 Å². The molecule has 0 saturated carbocycles. The maximum Gasteiger partial charge on any atom is 0.387 e. The number of ether oxygens (including phenoxy) is 2. The Bertz CT molecular complexity index is 416. The second-order valence-electron chi connectivity index (χ2n) is 4.24. The van der Waals surface area contributed by atoms with Gasteiger partial charge in [-0.05, 0) is 30.5 Å². The van der Waals surface area contributed by atoms with Gasteiger partial charge in [-0.1, -0.05) is 12.1 Å². The van der Waals surface area contributed by atoms with E-state index in [1.807, 2.05) is 0 Å². The summed E-state index contributed by atoms with van der Waals surface area (Å²) in [6.07, 6.45) is 1.28. The Morgan fingerprint density at radius 1 is 1.42 bits per heavy atom. The third kappa shape index (κ3) is 4.17. The van der Waals surface area contributed by atoms with Crippen LogP contribution >= 0.6 is 0 Å². The first-order valence-corrected chi connectivity index (χ1v) is 6.08. The fourth-order valence-electron chi connectivity index (χ4n) is 1.88. The zero-order chi connectivity index (χ0) is 13.7. The summed E-state index contributed by atoms with van der Waals surface area (Å²) < 4.78 is 33.4. The van der Waals surface area contributed by atoms with Gasteiger partial charge in [-0.3, -0.25) is 4.79 Å². The van der Waals surface area contributed by atoms with E-state index in [0.717, 1.165) is 18.4 Å². The Morgan fingerprint density at radius 3 is 2.74 bits per heavy atom. The summed E-state index contributed by atoms with van der Waals surface area (Å²) in [5, 5.41) is 2.75. The molecule has 1 aromatic rings. The van der Waals surface area contributed by atoms with Crippen molar-refractivity contribution < 1.29 is 23.0 Å². The van der Waals surface area contributed by atoms with Crippen LogP contribution in [0.15, 0.2) is 24.3 Å². The molecule has 4 nitrogen and oxygen atoms in total. The molecule has 19 heavy (non-hydrogen) atoms. The largest absolute Gasteiger partial charge is 0.435 e. The number of hydrogen-bond donors (Lipinski definition) is 1. The van der Waals surface area contributed by atoms with E-state index in [4.69, 9.17) is 4.74 Å². The summed E-state index contributed by atoms with van der Waals surface area (Å²) in [6, 6.07) is 6.15. The van der Waals surface area contributed by atoms with Gasteiger partial charge in [0, 0.05) is 13.2 Å². The summed E-state index contributed by atoms with van der Waals surface area (Å²) in [5.74, 6) is -0.0328. The molecule has 104 valence electrons. The SMILES string of the molecule is O=C(NCc1ccc(OC(F)F)cc1)[C@H]1CCCO1. The van der Waals surface area contributed by atoms with Gasteiger partial charge < -0.3 is 14.8 Å². The van der Waals surface area contributed by atoms with Gasteiger partial charge in [0.1, 0.15) is 11.9 Å². The first-order valence-electron chi connectivity index (χ1n) is 6.08. The lowest BCUT2D eigenvalue weighted by atomic mass is 10.2. The molecule has 1 heterocycles. The van der Waals surface area contributed by atoms with E-state index in [1.54, 1.807) is 12.1 Å². The minimum absolute atomic E-state index is 0.101. The number of alkyl halides is 2. The molecule has 1 saturated heterocycles. The van der Waals surface area contributed by atoms with Crippen molar-refractivity contribution in [3.8, 4) is 5.75 Å². The van der Waals surface area contributed by atoms with Gasteiger partial charge in [0.05, 0.1) is 0 Å². The summed E-state index contributed by atoms with van der Waals surface area (Å²) in [7, 11) is 0. The third-order valence-electron chi connectivity index (χ3n) is 2.84. The molecule has 1 N–H and O–H groups in total. The van der Waals surface area contributed by atoms with Crippen molar-refractivity contribution in [3.63, 3.8) is 0 Å². The number of carbonyl (C=O) groups is 1. The molecule has 1 aliphatic heterocycles. The van der Waals surface area contributed by atoms with Crippen molar-refractivity contribution in [1.82, 2.24) is 5.32 Å². The minimum Gasteiger partial charge on any atom is -0.435 e. The molecule has 1 aliphatic rings. The molecule has 1 amide bonds. The number of carbonyl (C=O) groups excluding carboxylic acids is 1. The highest BCUT2D eigenvalue weighted by Crippen LogP contribution is 2.15. The second kappa shape index (κ2) is 6.47. The minimum atomic E-state index is -2.83. The van der Waals surface area contributed by atoms with Gasteiger partial charge in [-0.15, -0.1) is 0 Å². The lowest BCUT2D eigenvalue weighted by molar-refractivity contribution is -0.130. The maximum atomic E-state index is 12.0. The van der Waals surface area contributed by atoms with E-state index in [1.165, 1.54) is 12.1 Å². The van der Waals surface area contributed by atoms with E-state index < -0.39 is 6.61 Å². The van der Waals surface area contributed by atoms with Crippen molar-refractivity contribution >= 4 is 5.91 Å². The molecule has 1 atom stereocenters.